The minimum atomic E-state index is 0.0155. The predicted octanol–water partition coefficient (Wildman–Crippen LogP) is 2.57. The van der Waals surface area contributed by atoms with Gasteiger partial charge in [-0.1, -0.05) is 35.5 Å². The number of hydrogen-bond acceptors (Lipinski definition) is 4. The van der Waals surface area contributed by atoms with Gasteiger partial charge in [-0.2, -0.15) is 4.98 Å². The smallest absolute Gasteiger partial charge is 0.243 e. The number of rotatable bonds is 3. The molecule has 1 aromatic heterocycles. The highest BCUT2D eigenvalue weighted by atomic mass is 16.5. The van der Waals surface area contributed by atoms with E-state index >= 15 is 0 Å². The summed E-state index contributed by atoms with van der Waals surface area (Å²) in [7, 11) is 0. The summed E-state index contributed by atoms with van der Waals surface area (Å²) in [6.07, 6.45) is 4.52. The highest BCUT2D eigenvalue weighted by Crippen LogP contribution is 2.52. The van der Waals surface area contributed by atoms with E-state index in [9.17, 15) is 0 Å². The number of nitrogens with zero attached hydrogens (tertiary/aromatic N) is 2. The second-order valence-corrected chi connectivity index (χ2v) is 5.55. The largest absolute Gasteiger partial charge is 0.338 e. The van der Waals surface area contributed by atoms with E-state index in [0.29, 0.717) is 0 Å². The summed E-state index contributed by atoms with van der Waals surface area (Å²) in [6, 6.07) is 10.8. The molecule has 1 atom stereocenters. The average Bonchev–Trinajstić information content (AvgIpc) is 2.92. The van der Waals surface area contributed by atoms with Crippen LogP contribution in [-0.2, 0) is 5.41 Å². The van der Waals surface area contributed by atoms with Crippen molar-refractivity contribution in [3.63, 3.8) is 0 Å². The average molecular weight is 255 g/mol. The third-order valence-corrected chi connectivity index (χ3v) is 4.30. The summed E-state index contributed by atoms with van der Waals surface area (Å²) in [5.74, 6) is 1.62. The van der Waals surface area contributed by atoms with Gasteiger partial charge in [0.2, 0.25) is 5.89 Å². The minimum absolute atomic E-state index is 0.0155. The molecule has 1 aliphatic heterocycles. The first-order chi connectivity index (χ1) is 9.38. The maximum Gasteiger partial charge on any atom is 0.243 e. The first kappa shape index (κ1) is 11.2. The van der Waals surface area contributed by atoms with Crippen molar-refractivity contribution >= 4 is 0 Å². The lowest BCUT2D eigenvalue weighted by molar-refractivity contribution is 0.339. The molecule has 0 amide bonds. The van der Waals surface area contributed by atoms with Crippen molar-refractivity contribution in [1.82, 2.24) is 15.5 Å². The Morgan fingerprint density at radius 2 is 2.05 bits per heavy atom. The Morgan fingerprint density at radius 3 is 2.74 bits per heavy atom. The molecular weight excluding hydrogens is 238 g/mol. The molecule has 0 radical (unpaired) electrons. The van der Waals surface area contributed by atoms with Crippen LogP contribution in [0.25, 0.3) is 0 Å². The van der Waals surface area contributed by atoms with Crippen LogP contribution >= 0.6 is 0 Å². The van der Waals surface area contributed by atoms with Crippen LogP contribution in [-0.4, -0.2) is 16.7 Å². The van der Waals surface area contributed by atoms with E-state index in [0.717, 1.165) is 37.5 Å². The van der Waals surface area contributed by atoms with Crippen molar-refractivity contribution in [2.75, 3.05) is 6.54 Å². The molecule has 4 heteroatoms. The Bertz CT molecular complexity index is 568. The van der Waals surface area contributed by atoms with Gasteiger partial charge in [-0.15, -0.1) is 0 Å². The summed E-state index contributed by atoms with van der Waals surface area (Å²) >= 11 is 0. The van der Waals surface area contributed by atoms with Gasteiger partial charge in [0.05, 0.1) is 11.5 Å². The second kappa shape index (κ2) is 4.17. The third-order valence-electron chi connectivity index (χ3n) is 4.30. The molecule has 4 rings (SSSR count). The molecule has 4 nitrogen and oxygen atoms in total. The molecule has 1 unspecified atom stereocenters. The summed E-state index contributed by atoms with van der Waals surface area (Å²) in [6.45, 7) is 1.05. The Kier molecular flexibility index (Phi) is 2.45. The van der Waals surface area contributed by atoms with E-state index in [2.05, 4.69) is 39.7 Å². The molecule has 0 spiro atoms. The molecular formula is C15H17N3O. The fourth-order valence-corrected chi connectivity index (χ4v) is 2.99. The zero-order valence-electron chi connectivity index (χ0n) is 10.8. The van der Waals surface area contributed by atoms with E-state index in [4.69, 9.17) is 4.52 Å². The second-order valence-electron chi connectivity index (χ2n) is 5.55. The van der Waals surface area contributed by atoms with Crippen LogP contribution in [0.3, 0.4) is 0 Å². The normalized spacial score (nSPS) is 24.5. The van der Waals surface area contributed by atoms with Crippen molar-refractivity contribution in [2.45, 2.75) is 37.1 Å². The van der Waals surface area contributed by atoms with Gasteiger partial charge in [-0.3, -0.25) is 0 Å². The van der Waals surface area contributed by atoms with Crippen LogP contribution < -0.4 is 5.32 Å². The third kappa shape index (κ3) is 1.78. The number of benzene rings is 1. The van der Waals surface area contributed by atoms with Gasteiger partial charge < -0.3 is 9.84 Å². The highest BCUT2D eigenvalue weighted by Gasteiger charge is 2.50. The molecule has 1 aliphatic carbocycles. The van der Waals surface area contributed by atoms with E-state index in [1.165, 1.54) is 12.0 Å². The lowest BCUT2D eigenvalue weighted by Crippen LogP contribution is -2.14. The van der Waals surface area contributed by atoms with Crippen molar-refractivity contribution in [3.05, 3.63) is 47.6 Å². The maximum atomic E-state index is 5.47. The molecule has 1 aromatic carbocycles. The van der Waals surface area contributed by atoms with Gasteiger partial charge >= 0.3 is 0 Å². The summed E-state index contributed by atoms with van der Waals surface area (Å²) in [4.78, 5) is 4.66. The van der Waals surface area contributed by atoms with E-state index in [1.54, 1.807) is 0 Å². The number of aromatic nitrogens is 2. The highest BCUT2D eigenvalue weighted by molar-refractivity contribution is 5.38. The summed E-state index contributed by atoms with van der Waals surface area (Å²) in [5.41, 5.74) is 1.32. The Balaban J connectivity index is 1.66. The van der Waals surface area contributed by atoms with Crippen LogP contribution in [0.2, 0.25) is 0 Å². The van der Waals surface area contributed by atoms with Crippen LogP contribution in [0.4, 0.5) is 0 Å². The molecule has 19 heavy (non-hydrogen) atoms. The molecule has 1 saturated carbocycles. The Morgan fingerprint density at radius 1 is 1.21 bits per heavy atom. The van der Waals surface area contributed by atoms with Gasteiger partial charge in [-0.05, 0) is 37.8 Å². The van der Waals surface area contributed by atoms with Gasteiger partial charge in [0.25, 0.3) is 0 Å². The first-order valence-corrected chi connectivity index (χ1v) is 7.01. The Labute approximate surface area is 112 Å². The van der Waals surface area contributed by atoms with E-state index in [1.807, 2.05) is 6.07 Å². The lowest BCUT2D eigenvalue weighted by Gasteiger charge is -2.10. The zero-order valence-corrected chi connectivity index (χ0v) is 10.8. The first-order valence-electron chi connectivity index (χ1n) is 7.01. The van der Waals surface area contributed by atoms with Crippen LogP contribution in [0.15, 0.2) is 34.9 Å². The number of hydrogen-bond donors (Lipinski definition) is 1. The molecule has 0 bridgehead atoms. The van der Waals surface area contributed by atoms with Crippen molar-refractivity contribution in [3.8, 4) is 0 Å². The molecule has 2 aromatic rings. The van der Waals surface area contributed by atoms with E-state index in [-0.39, 0.29) is 11.5 Å². The van der Waals surface area contributed by atoms with E-state index < -0.39 is 0 Å². The quantitative estimate of drug-likeness (QED) is 0.915. The SMILES string of the molecule is c1ccc(C2(c3noc(C4CCCN4)n3)CC2)cc1. The maximum absolute atomic E-state index is 5.47. The van der Waals surface area contributed by atoms with Gasteiger partial charge in [0, 0.05) is 0 Å². The van der Waals surface area contributed by atoms with Gasteiger partial charge in [-0.25, -0.2) is 0 Å². The monoisotopic (exact) mass is 255 g/mol. The fraction of sp³-hybridized carbons (Fsp3) is 0.467. The predicted molar refractivity (Wildman–Crippen MR) is 70.7 cm³/mol. The number of nitrogens with one attached hydrogen (secondary N) is 1. The molecule has 2 aliphatic rings. The molecule has 2 heterocycles. The van der Waals surface area contributed by atoms with Crippen LogP contribution in [0, 0.1) is 0 Å². The zero-order chi connectivity index (χ0) is 12.7. The summed E-state index contributed by atoms with van der Waals surface area (Å²) in [5, 5.41) is 7.65. The van der Waals surface area contributed by atoms with Crippen LogP contribution in [0.1, 0.15) is 49.0 Å². The van der Waals surface area contributed by atoms with Gasteiger partial charge in [0.15, 0.2) is 5.82 Å². The Hall–Kier alpha value is -1.68. The molecule has 98 valence electrons. The minimum Gasteiger partial charge on any atom is -0.338 e. The topological polar surface area (TPSA) is 51.0 Å². The molecule has 1 saturated heterocycles. The van der Waals surface area contributed by atoms with Crippen LogP contribution in [0.5, 0.6) is 0 Å². The van der Waals surface area contributed by atoms with Crippen molar-refractivity contribution in [1.29, 1.82) is 0 Å². The molecule has 2 fully saturated rings. The summed E-state index contributed by atoms with van der Waals surface area (Å²) < 4.78 is 5.47. The lowest BCUT2D eigenvalue weighted by atomic mass is 9.95. The molecule has 1 N–H and O–H groups in total. The van der Waals surface area contributed by atoms with Crippen molar-refractivity contribution in [2.24, 2.45) is 0 Å². The standard InChI is InChI=1S/C15H17N3O/c1-2-5-11(6-3-1)15(8-9-15)14-17-13(19-18-14)12-7-4-10-16-12/h1-3,5-6,12,16H,4,7-10H2. The van der Waals surface area contributed by atoms with Crippen molar-refractivity contribution < 1.29 is 4.52 Å². The van der Waals surface area contributed by atoms with Gasteiger partial charge in [0.1, 0.15) is 0 Å². The fourth-order valence-electron chi connectivity index (χ4n) is 2.99.